The Hall–Kier alpha value is -4.89. The van der Waals surface area contributed by atoms with Crippen LogP contribution in [0, 0.1) is 11.8 Å². The summed E-state index contributed by atoms with van der Waals surface area (Å²) in [5.74, 6) is -4.22. The maximum atomic E-state index is 14.4. The van der Waals surface area contributed by atoms with Crippen molar-refractivity contribution in [2.75, 3.05) is 10.2 Å². The number of hydrogen-bond donors (Lipinski definition) is 2. The van der Waals surface area contributed by atoms with Crippen molar-refractivity contribution in [2.45, 2.75) is 37.5 Å². The third-order valence-electron chi connectivity index (χ3n) is 9.44. The molecule has 2 N–H and O–H groups in total. The Morgan fingerprint density at radius 2 is 1.48 bits per heavy atom. The molecule has 0 unspecified atom stereocenters. The number of carbonyl (C=O) groups is 4. The van der Waals surface area contributed by atoms with Crippen molar-refractivity contribution >= 4 is 57.1 Å². The molecule has 0 spiro atoms. The van der Waals surface area contributed by atoms with Gasteiger partial charge in [0.2, 0.25) is 11.8 Å². The minimum atomic E-state index is -1.17. The topological polar surface area (TPSA) is 108 Å². The summed E-state index contributed by atoms with van der Waals surface area (Å²) < 4.78 is 0.833. The van der Waals surface area contributed by atoms with E-state index in [4.69, 9.17) is 0 Å². The van der Waals surface area contributed by atoms with Gasteiger partial charge in [-0.2, -0.15) is 5.10 Å². The molecular weight excluding hydrogens is 644 g/mol. The minimum absolute atomic E-state index is 0.270. The molecule has 4 aromatic carbocycles. The van der Waals surface area contributed by atoms with E-state index in [0.717, 1.165) is 51.6 Å². The first-order chi connectivity index (χ1) is 22.3. The molecule has 8 rings (SSSR count). The second kappa shape index (κ2) is 11.8. The van der Waals surface area contributed by atoms with E-state index in [9.17, 15) is 19.2 Å². The number of nitrogens with one attached hydrogen (secondary N) is 2. The quantitative estimate of drug-likeness (QED) is 0.107. The van der Waals surface area contributed by atoms with Crippen molar-refractivity contribution in [3.8, 4) is 0 Å². The molecule has 230 valence electrons. The van der Waals surface area contributed by atoms with Gasteiger partial charge in [0.25, 0.3) is 0 Å². The van der Waals surface area contributed by atoms with Crippen molar-refractivity contribution in [2.24, 2.45) is 16.9 Å². The lowest BCUT2D eigenvalue weighted by Gasteiger charge is -2.52. The molecule has 4 amide bonds. The number of amides is 4. The van der Waals surface area contributed by atoms with Crippen LogP contribution in [0.15, 0.2) is 107 Å². The average molecular weight is 676 g/mol. The molecule has 0 aromatic heterocycles. The SMILES string of the molecule is CCCCc1ccc(NC(=O)C(=O)N/N=C\C23c4ccccc4C(c4ccccc42)[C@@H]2C(=O)N(c4ccc(Br)cc4)C(=O)[C@H]23)cc1. The number of hydrogen-bond acceptors (Lipinski definition) is 5. The van der Waals surface area contributed by atoms with Gasteiger partial charge < -0.3 is 5.32 Å². The minimum Gasteiger partial charge on any atom is -0.318 e. The summed E-state index contributed by atoms with van der Waals surface area (Å²) in [4.78, 5) is 55.7. The molecule has 46 heavy (non-hydrogen) atoms. The van der Waals surface area contributed by atoms with Crippen LogP contribution in [-0.2, 0) is 31.0 Å². The third-order valence-corrected chi connectivity index (χ3v) is 9.97. The normalized spacial score (nSPS) is 22.4. The molecule has 9 heteroatoms. The number of nitrogens with zero attached hydrogens (tertiary/aromatic N) is 2. The highest BCUT2D eigenvalue weighted by molar-refractivity contribution is 9.10. The molecule has 1 fully saturated rings. The fourth-order valence-electron chi connectivity index (χ4n) is 7.46. The largest absolute Gasteiger partial charge is 0.329 e. The zero-order valence-corrected chi connectivity index (χ0v) is 26.7. The first-order valence-electron chi connectivity index (χ1n) is 15.4. The van der Waals surface area contributed by atoms with Crippen LogP contribution < -0.4 is 15.6 Å². The number of imide groups is 1. The zero-order chi connectivity index (χ0) is 32.0. The number of rotatable bonds is 7. The average Bonchev–Trinajstić information content (AvgIpc) is 3.35. The molecule has 0 saturated carbocycles. The summed E-state index contributed by atoms with van der Waals surface area (Å²) in [7, 11) is 0. The van der Waals surface area contributed by atoms with Gasteiger partial charge in [-0.1, -0.05) is 89.9 Å². The fraction of sp³-hybridized carbons (Fsp3) is 0.216. The van der Waals surface area contributed by atoms with E-state index < -0.39 is 29.1 Å². The maximum Gasteiger partial charge on any atom is 0.329 e. The van der Waals surface area contributed by atoms with E-state index in [2.05, 4.69) is 38.7 Å². The molecule has 2 bridgehead atoms. The molecule has 4 aromatic rings. The van der Waals surface area contributed by atoms with Crippen molar-refractivity contribution < 1.29 is 19.2 Å². The van der Waals surface area contributed by atoms with E-state index in [1.165, 1.54) is 4.90 Å². The maximum absolute atomic E-state index is 14.4. The predicted octanol–water partition coefficient (Wildman–Crippen LogP) is 6.08. The third kappa shape index (κ3) is 4.69. The van der Waals surface area contributed by atoms with E-state index in [1.807, 2.05) is 60.7 Å². The van der Waals surface area contributed by atoms with Gasteiger partial charge in [-0.15, -0.1) is 0 Å². The number of hydrazone groups is 1. The fourth-order valence-corrected chi connectivity index (χ4v) is 7.73. The van der Waals surface area contributed by atoms with Gasteiger partial charge in [0.05, 0.1) is 22.9 Å². The van der Waals surface area contributed by atoms with Gasteiger partial charge in [0.15, 0.2) is 0 Å². The van der Waals surface area contributed by atoms with Crippen molar-refractivity contribution in [3.63, 3.8) is 0 Å². The molecule has 1 heterocycles. The zero-order valence-electron chi connectivity index (χ0n) is 25.1. The summed E-state index contributed by atoms with van der Waals surface area (Å²) in [6, 6.07) is 30.1. The first kappa shape index (κ1) is 29.8. The van der Waals surface area contributed by atoms with E-state index in [1.54, 1.807) is 42.6 Å². The molecule has 8 nitrogen and oxygen atoms in total. The molecule has 4 aliphatic rings. The summed E-state index contributed by atoms with van der Waals surface area (Å²) in [5.41, 5.74) is 6.97. The second-order valence-electron chi connectivity index (χ2n) is 12.0. The van der Waals surface area contributed by atoms with Crippen molar-refractivity contribution in [1.82, 2.24) is 5.43 Å². The van der Waals surface area contributed by atoms with Gasteiger partial charge >= 0.3 is 11.8 Å². The molecule has 2 atom stereocenters. The van der Waals surface area contributed by atoms with Crippen LogP contribution in [0.5, 0.6) is 0 Å². The lowest BCUT2D eigenvalue weighted by molar-refractivity contribution is -0.136. The number of benzene rings is 4. The van der Waals surface area contributed by atoms with Gasteiger partial charge in [-0.25, -0.2) is 10.3 Å². The highest BCUT2D eigenvalue weighted by Gasteiger charge is 2.68. The monoisotopic (exact) mass is 674 g/mol. The summed E-state index contributed by atoms with van der Waals surface area (Å²) >= 11 is 3.43. The Morgan fingerprint density at radius 1 is 0.848 bits per heavy atom. The van der Waals surface area contributed by atoms with Gasteiger partial charge in [0.1, 0.15) is 0 Å². The smallest absolute Gasteiger partial charge is 0.318 e. The Morgan fingerprint density at radius 3 is 2.11 bits per heavy atom. The van der Waals surface area contributed by atoms with Gasteiger partial charge in [0, 0.05) is 22.3 Å². The highest BCUT2D eigenvalue weighted by Crippen LogP contribution is 2.63. The Labute approximate surface area is 275 Å². The van der Waals surface area contributed by atoms with Crippen LogP contribution >= 0.6 is 15.9 Å². The van der Waals surface area contributed by atoms with E-state index in [0.29, 0.717) is 11.4 Å². The molecule has 0 radical (unpaired) electrons. The van der Waals surface area contributed by atoms with Crippen LogP contribution in [0.25, 0.3) is 0 Å². The number of halogens is 1. The second-order valence-corrected chi connectivity index (χ2v) is 12.9. The van der Waals surface area contributed by atoms with Crippen LogP contribution in [0.1, 0.15) is 53.5 Å². The van der Waals surface area contributed by atoms with Gasteiger partial charge in [-0.3, -0.25) is 19.2 Å². The first-order valence-corrected chi connectivity index (χ1v) is 16.2. The lowest BCUT2D eigenvalue weighted by Crippen LogP contribution is -2.54. The Kier molecular flexibility index (Phi) is 7.64. The summed E-state index contributed by atoms with van der Waals surface area (Å²) in [6.07, 6.45) is 4.66. The lowest BCUT2D eigenvalue weighted by atomic mass is 9.47. The van der Waals surface area contributed by atoms with Crippen LogP contribution in [0.4, 0.5) is 11.4 Å². The number of anilines is 2. The van der Waals surface area contributed by atoms with Gasteiger partial charge in [-0.05, 0) is 77.1 Å². The van der Waals surface area contributed by atoms with Crippen molar-refractivity contribution in [3.05, 3.63) is 129 Å². The molecular formula is C37H31BrN4O4. The standard InChI is InChI=1S/C37H31BrN4O4/c1-2-3-8-22-13-17-24(18-14-22)40-33(43)34(44)41-39-21-37-28-11-6-4-9-26(28)30(27-10-5-7-12-29(27)37)31-32(37)36(46)42(35(31)45)25-19-15-23(38)16-20-25/h4-7,9-21,30-32H,2-3,8H2,1H3,(H,40,43)(H,41,44)/b39-21-/t30?,31-,32-,37?/m0/s1. The molecule has 1 aliphatic heterocycles. The van der Waals surface area contributed by atoms with E-state index in [-0.39, 0.29) is 17.7 Å². The van der Waals surface area contributed by atoms with Crippen LogP contribution in [-0.4, -0.2) is 29.8 Å². The predicted molar refractivity (Wildman–Crippen MR) is 179 cm³/mol. The molecule has 1 saturated heterocycles. The number of unbranched alkanes of at least 4 members (excludes halogenated alkanes) is 1. The molecule has 3 aliphatic carbocycles. The Bertz CT molecular complexity index is 1860. The summed E-state index contributed by atoms with van der Waals surface area (Å²) in [5, 5.41) is 6.95. The van der Waals surface area contributed by atoms with Crippen molar-refractivity contribution in [1.29, 1.82) is 0 Å². The summed E-state index contributed by atoms with van der Waals surface area (Å²) in [6.45, 7) is 2.13. The van der Waals surface area contributed by atoms with Crippen LogP contribution in [0.3, 0.4) is 0 Å². The number of aryl methyl sites for hydroxylation is 1. The number of carbonyl (C=O) groups excluding carboxylic acids is 4. The Balaban J connectivity index is 1.23. The van der Waals surface area contributed by atoms with Crippen LogP contribution in [0.2, 0.25) is 0 Å². The highest BCUT2D eigenvalue weighted by atomic mass is 79.9. The van der Waals surface area contributed by atoms with E-state index >= 15 is 0 Å².